The summed E-state index contributed by atoms with van der Waals surface area (Å²) >= 11 is 0. The molecular weight excluding hydrogens is 388 g/mol. The SMILES string of the molecule is CC[C@H](C(=O)NCC(C)C)N(Cc1ccccc1C)C(=O)COc1cc(C)ccc1C. The minimum Gasteiger partial charge on any atom is -0.483 e. The van der Waals surface area contributed by atoms with E-state index in [-0.39, 0.29) is 18.4 Å². The second-order valence-corrected chi connectivity index (χ2v) is 8.57. The van der Waals surface area contributed by atoms with Crippen LogP contribution in [0.5, 0.6) is 5.75 Å². The maximum Gasteiger partial charge on any atom is 0.261 e. The standard InChI is InChI=1S/C26H36N2O3/c1-7-23(26(30)27-15-18(2)3)28(16-22-11-9-8-10-20(22)5)25(29)17-31-24-14-19(4)12-13-21(24)6/h8-14,18,23H,7,15-17H2,1-6H3,(H,27,30)/t23-/m1/s1. The van der Waals surface area contributed by atoms with Gasteiger partial charge in [0.05, 0.1) is 0 Å². The normalized spacial score (nSPS) is 11.8. The largest absolute Gasteiger partial charge is 0.483 e. The van der Waals surface area contributed by atoms with Crippen LogP contribution in [0.1, 0.15) is 49.4 Å². The first-order valence-electron chi connectivity index (χ1n) is 11.0. The lowest BCUT2D eigenvalue weighted by Crippen LogP contribution is -2.50. The highest BCUT2D eigenvalue weighted by molar-refractivity contribution is 5.88. The second kappa shape index (κ2) is 11.5. The molecule has 2 aromatic carbocycles. The van der Waals surface area contributed by atoms with Crippen LogP contribution in [0.25, 0.3) is 0 Å². The second-order valence-electron chi connectivity index (χ2n) is 8.57. The summed E-state index contributed by atoms with van der Waals surface area (Å²) in [5, 5.41) is 2.99. The Morgan fingerprint density at radius 2 is 1.74 bits per heavy atom. The Kier molecular flexibility index (Phi) is 9.10. The molecule has 0 bridgehead atoms. The Labute approximate surface area is 186 Å². The minimum atomic E-state index is -0.548. The van der Waals surface area contributed by atoms with E-state index in [1.165, 1.54) is 0 Å². The zero-order valence-electron chi connectivity index (χ0n) is 19.7. The van der Waals surface area contributed by atoms with Gasteiger partial charge >= 0.3 is 0 Å². The topological polar surface area (TPSA) is 58.6 Å². The third kappa shape index (κ3) is 7.12. The van der Waals surface area contributed by atoms with Crippen LogP contribution in [0.15, 0.2) is 42.5 Å². The van der Waals surface area contributed by atoms with Crippen LogP contribution >= 0.6 is 0 Å². The van der Waals surface area contributed by atoms with Gasteiger partial charge < -0.3 is 15.0 Å². The summed E-state index contributed by atoms with van der Waals surface area (Å²) in [6, 6.07) is 13.3. The van der Waals surface area contributed by atoms with E-state index < -0.39 is 6.04 Å². The molecule has 0 fully saturated rings. The van der Waals surface area contributed by atoms with Gasteiger partial charge in [-0.3, -0.25) is 9.59 Å². The monoisotopic (exact) mass is 424 g/mol. The zero-order chi connectivity index (χ0) is 23.0. The molecule has 0 radical (unpaired) electrons. The molecule has 2 aromatic rings. The molecular formula is C26H36N2O3. The van der Waals surface area contributed by atoms with E-state index in [1.807, 2.05) is 70.2 Å². The maximum absolute atomic E-state index is 13.3. The Bertz CT molecular complexity index is 892. The van der Waals surface area contributed by atoms with E-state index >= 15 is 0 Å². The van der Waals surface area contributed by atoms with E-state index in [0.717, 1.165) is 22.3 Å². The summed E-state index contributed by atoms with van der Waals surface area (Å²) in [5.41, 5.74) is 4.17. The van der Waals surface area contributed by atoms with Gasteiger partial charge in [-0.2, -0.15) is 0 Å². The Morgan fingerprint density at radius 3 is 2.39 bits per heavy atom. The third-order valence-corrected chi connectivity index (χ3v) is 5.37. The van der Waals surface area contributed by atoms with Gasteiger partial charge in [-0.1, -0.05) is 57.2 Å². The summed E-state index contributed by atoms with van der Waals surface area (Å²) in [4.78, 5) is 27.9. The van der Waals surface area contributed by atoms with Gasteiger partial charge in [0.25, 0.3) is 5.91 Å². The average Bonchev–Trinajstić information content (AvgIpc) is 2.73. The van der Waals surface area contributed by atoms with Crippen molar-refractivity contribution in [2.45, 2.75) is 60.5 Å². The predicted molar refractivity (Wildman–Crippen MR) is 125 cm³/mol. The highest BCUT2D eigenvalue weighted by Crippen LogP contribution is 2.20. The van der Waals surface area contributed by atoms with Crippen molar-refractivity contribution in [2.24, 2.45) is 5.92 Å². The number of hydrogen-bond acceptors (Lipinski definition) is 3. The lowest BCUT2D eigenvalue weighted by Gasteiger charge is -2.31. The first-order chi connectivity index (χ1) is 14.7. The predicted octanol–water partition coefficient (Wildman–Crippen LogP) is 4.57. The number of nitrogens with one attached hydrogen (secondary N) is 1. The fourth-order valence-corrected chi connectivity index (χ4v) is 3.40. The molecule has 5 heteroatoms. The first-order valence-corrected chi connectivity index (χ1v) is 11.0. The molecule has 0 aliphatic heterocycles. The molecule has 1 N–H and O–H groups in total. The molecule has 1 atom stereocenters. The lowest BCUT2D eigenvalue weighted by atomic mass is 10.1. The summed E-state index contributed by atoms with van der Waals surface area (Å²) < 4.78 is 5.88. The summed E-state index contributed by atoms with van der Waals surface area (Å²) in [7, 11) is 0. The molecule has 2 rings (SSSR count). The Hall–Kier alpha value is -2.82. The molecule has 0 aliphatic carbocycles. The molecule has 0 aromatic heterocycles. The fourth-order valence-electron chi connectivity index (χ4n) is 3.40. The van der Waals surface area contributed by atoms with E-state index in [9.17, 15) is 9.59 Å². The van der Waals surface area contributed by atoms with E-state index in [2.05, 4.69) is 19.2 Å². The molecule has 0 heterocycles. The van der Waals surface area contributed by atoms with Crippen molar-refractivity contribution in [3.05, 3.63) is 64.7 Å². The quantitative estimate of drug-likeness (QED) is 0.608. The number of ether oxygens (including phenoxy) is 1. The number of nitrogens with zero attached hydrogens (tertiary/aromatic N) is 1. The highest BCUT2D eigenvalue weighted by atomic mass is 16.5. The number of rotatable bonds is 10. The number of hydrogen-bond donors (Lipinski definition) is 1. The van der Waals surface area contributed by atoms with Crippen molar-refractivity contribution in [3.8, 4) is 5.75 Å². The van der Waals surface area contributed by atoms with Crippen LogP contribution in [0.2, 0.25) is 0 Å². The number of carbonyl (C=O) groups excluding carboxylic acids is 2. The van der Waals surface area contributed by atoms with Crippen molar-refractivity contribution in [3.63, 3.8) is 0 Å². The van der Waals surface area contributed by atoms with Crippen LogP contribution in [0.4, 0.5) is 0 Å². The van der Waals surface area contributed by atoms with Crippen molar-refractivity contribution in [1.82, 2.24) is 10.2 Å². The highest BCUT2D eigenvalue weighted by Gasteiger charge is 2.29. The molecule has 5 nitrogen and oxygen atoms in total. The fraction of sp³-hybridized carbons (Fsp3) is 0.462. The van der Waals surface area contributed by atoms with Crippen molar-refractivity contribution in [2.75, 3.05) is 13.2 Å². The van der Waals surface area contributed by atoms with Gasteiger partial charge in [0.1, 0.15) is 11.8 Å². The van der Waals surface area contributed by atoms with Gasteiger partial charge in [0.15, 0.2) is 6.61 Å². The lowest BCUT2D eigenvalue weighted by molar-refractivity contribution is -0.143. The first kappa shape index (κ1) is 24.4. The van der Waals surface area contributed by atoms with Crippen molar-refractivity contribution < 1.29 is 14.3 Å². The number of benzene rings is 2. The van der Waals surface area contributed by atoms with Crippen LogP contribution in [-0.2, 0) is 16.1 Å². The van der Waals surface area contributed by atoms with Gasteiger partial charge in [-0.15, -0.1) is 0 Å². The average molecular weight is 425 g/mol. The van der Waals surface area contributed by atoms with E-state index in [1.54, 1.807) is 4.90 Å². The van der Waals surface area contributed by atoms with E-state index in [4.69, 9.17) is 4.74 Å². The minimum absolute atomic E-state index is 0.107. The van der Waals surface area contributed by atoms with Crippen LogP contribution in [0.3, 0.4) is 0 Å². The molecule has 0 aliphatic rings. The number of aryl methyl sites for hydroxylation is 3. The van der Waals surface area contributed by atoms with Gasteiger partial charge in [0.2, 0.25) is 5.91 Å². The molecule has 0 spiro atoms. The van der Waals surface area contributed by atoms with Crippen molar-refractivity contribution >= 4 is 11.8 Å². The summed E-state index contributed by atoms with van der Waals surface area (Å²) in [6.45, 7) is 12.8. The molecule has 168 valence electrons. The maximum atomic E-state index is 13.3. The summed E-state index contributed by atoms with van der Waals surface area (Å²) in [6.07, 6.45) is 0.533. The molecule has 2 amide bonds. The molecule has 0 saturated carbocycles. The smallest absolute Gasteiger partial charge is 0.261 e. The van der Waals surface area contributed by atoms with Crippen LogP contribution in [0, 0.1) is 26.7 Å². The Balaban J connectivity index is 2.24. The van der Waals surface area contributed by atoms with Gasteiger partial charge in [0, 0.05) is 13.1 Å². The number of amides is 2. The summed E-state index contributed by atoms with van der Waals surface area (Å²) in [5.74, 6) is 0.719. The third-order valence-electron chi connectivity index (χ3n) is 5.37. The molecule has 31 heavy (non-hydrogen) atoms. The van der Waals surface area contributed by atoms with Crippen molar-refractivity contribution in [1.29, 1.82) is 0 Å². The molecule has 0 unspecified atom stereocenters. The number of carbonyl (C=O) groups is 2. The van der Waals surface area contributed by atoms with Crippen LogP contribution < -0.4 is 10.1 Å². The van der Waals surface area contributed by atoms with Gasteiger partial charge in [-0.05, 0) is 61.4 Å². The molecule has 0 saturated heterocycles. The Morgan fingerprint density at radius 1 is 1.03 bits per heavy atom. The zero-order valence-corrected chi connectivity index (χ0v) is 19.7. The van der Waals surface area contributed by atoms with E-state index in [0.29, 0.717) is 31.2 Å². The van der Waals surface area contributed by atoms with Crippen LogP contribution in [-0.4, -0.2) is 35.9 Å². The van der Waals surface area contributed by atoms with Gasteiger partial charge in [-0.25, -0.2) is 0 Å².